The van der Waals surface area contributed by atoms with E-state index in [2.05, 4.69) is 22.3 Å². The van der Waals surface area contributed by atoms with Gasteiger partial charge in [0.25, 0.3) is 0 Å². The van der Waals surface area contributed by atoms with E-state index in [1.54, 1.807) is 12.0 Å². The van der Waals surface area contributed by atoms with Gasteiger partial charge >= 0.3 is 0 Å². The van der Waals surface area contributed by atoms with Gasteiger partial charge in [0.2, 0.25) is 5.13 Å². The second-order valence-corrected chi connectivity index (χ2v) is 9.03. The number of para-hydroxylation sites is 1. The molecular formula is C21H18N6O2S2. The lowest BCUT2D eigenvalue weighted by Gasteiger charge is -2.38. The van der Waals surface area contributed by atoms with Crippen LogP contribution in [0.5, 0.6) is 5.75 Å². The van der Waals surface area contributed by atoms with Crippen molar-refractivity contribution in [1.82, 2.24) is 10.2 Å². The number of carbonyl (C=O) groups excluding carboxylic acids is 1. The number of nitrogens with zero attached hydrogens (tertiary/aromatic N) is 5. The highest BCUT2D eigenvalue weighted by Gasteiger charge is 2.42. The van der Waals surface area contributed by atoms with E-state index >= 15 is 0 Å². The van der Waals surface area contributed by atoms with E-state index in [0.29, 0.717) is 40.1 Å². The average Bonchev–Trinajstić information content (AvgIpc) is 3.25. The maximum Gasteiger partial charge on any atom is 0.219 e. The van der Waals surface area contributed by atoms with Crippen LogP contribution in [0.2, 0.25) is 0 Å². The fourth-order valence-electron chi connectivity index (χ4n) is 3.97. The highest BCUT2D eigenvalue weighted by atomic mass is 32.2. The molecule has 1 aromatic carbocycles. The number of nitrogens with two attached hydrogens (primary N) is 1. The Morgan fingerprint density at radius 3 is 2.87 bits per heavy atom. The van der Waals surface area contributed by atoms with Crippen molar-refractivity contribution in [3.63, 3.8) is 0 Å². The maximum atomic E-state index is 13.1. The van der Waals surface area contributed by atoms with Gasteiger partial charge in [-0.3, -0.25) is 9.69 Å². The van der Waals surface area contributed by atoms with Gasteiger partial charge in [-0.05, 0) is 18.9 Å². The third-order valence-corrected chi connectivity index (χ3v) is 7.12. The predicted octanol–water partition coefficient (Wildman–Crippen LogP) is 3.47. The molecule has 8 nitrogen and oxygen atoms in total. The summed E-state index contributed by atoms with van der Waals surface area (Å²) < 4.78 is 6.15. The summed E-state index contributed by atoms with van der Waals surface area (Å²) in [6, 6.07) is 11.7. The SMILES string of the molecule is COc1ccccc1C1C(C#N)=C(N)N(c2nnc(SCC#N)s2)C2=C1C(=O)CCC2. The zero-order valence-corrected chi connectivity index (χ0v) is 18.3. The molecule has 1 aliphatic carbocycles. The van der Waals surface area contributed by atoms with Crippen molar-refractivity contribution in [2.75, 3.05) is 17.8 Å². The molecule has 0 saturated heterocycles. The zero-order chi connectivity index (χ0) is 22.0. The van der Waals surface area contributed by atoms with Gasteiger partial charge in [-0.1, -0.05) is 41.3 Å². The highest BCUT2D eigenvalue weighted by Crippen LogP contribution is 2.48. The normalized spacial score (nSPS) is 18.5. The number of methoxy groups -OCH3 is 1. The van der Waals surface area contributed by atoms with Gasteiger partial charge in [0.05, 0.1) is 36.5 Å². The number of hydrogen-bond acceptors (Lipinski definition) is 10. The number of hydrogen-bond donors (Lipinski definition) is 1. The number of nitriles is 2. The number of rotatable bonds is 5. The van der Waals surface area contributed by atoms with Crippen molar-refractivity contribution in [2.45, 2.75) is 29.5 Å². The minimum absolute atomic E-state index is 0.00833. The van der Waals surface area contributed by atoms with Crippen LogP contribution < -0.4 is 15.4 Å². The molecule has 0 amide bonds. The lowest BCUT2D eigenvalue weighted by Crippen LogP contribution is -2.38. The quantitative estimate of drug-likeness (QED) is 0.681. The van der Waals surface area contributed by atoms with E-state index in [1.807, 2.05) is 24.3 Å². The summed E-state index contributed by atoms with van der Waals surface area (Å²) >= 11 is 2.56. The minimum Gasteiger partial charge on any atom is -0.496 e. The van der Waals surface area contributed by atoms with Crippen LogP contribution in [0.25, 0.3) is 0 Å². The van der Waals surface area contributed by atoms with Gasteiger partial charge in [-0.2, -0.15) is 10.5 Å². The van der Waals surface area contributed by atoms with Crippen molar-refractivity contribution in [1.29, 1.82) is 10.5 Å². The Hall–Kier alpha value is -3.34. The van der Waals surface area contributed by atoms with Gasteiger partial charge in [0.1, 0.15) is 11.6 Å². The third-order valence-electron chi connectivity index (χ3n) is 5.21. The first-order chi connectivity index (χ1) is 15.1. The first-order valence-electron chi connectivity index (χ1n) is 9.53. The van der Waals surface area contributed by atoms with Gasteiger partial charge in [-0.15, -0.1) is 10.2 Å². The first kappa shape index (κ1) is 20.9. The Bertz CT molecular complexity index is 1190. The molecule has 0 fully saturated rings. The Morgan fingerprint density at radius 1 is 1.32 bits per heavy atom. The zero-order valence-electron chi connectivity index (χ0n) is 16.7. The maximum absolute atomic E-state index is 13.1. The Kier molecular flexibility index (Phi) is 5.94. The molecule has 0 bridgehead atoms. The molecule has 1 aliphatic heterocycles. The molecule has 0 spiro atoms. The third kappa shape index (κ3) is 3.65. The van der Waals surface area contributed by atoms with Gasteiger partial charge in [0.15, 0.2) is 10.1 Å². The molecule has 0 radical (unpaired) electrons. The van der Waals surface area contributed by atoms with Crippen LogP contribution in [0.3, 0.4) is 0 Å². The molecule has 10 heteroatoms. The lowest BCUT2D eigenvalue weighted by atomic mass is 9.75. The van der Waals surface area contributed by atoms with Crippen LogP contribution in [0.4, 0.5) is 5.13 Å². The summed E-state index contributed by atoms with van der Waals surface area (Å²) in [7, 11) is 1.56. The van der Waals surface area contributed by atoms with Crippen molar-refractivity contribution in [3.8, 4) is 17.9 Å². The van der Waals surface area contributed by atoms with Gasteiger partial charge in [0, 0.05) is 23.3 Å². The number of allylic oxidation sites excluding steroid dienone is 3. The number of ether oxygens (including phenoxy) is 1. The molecule has 1 atom stereocenters. The summed E-state index contributed by atoms with van der Waals surface area (Å²) in [5, 5.41) is 27.7. The van der Waals surface area contributed by atoms with E-state index < -0.39 is 5.92 Å². The molecule has 2 heterocycles. The van der Waals surface area contributed by atoms with E-state index in [0.717, 1.165) is 11.3 Å². The number of aromatic nitrogens is 2. The second-order valence-electron chi connectivity index (χ2n) is 6.86. The Balaban J connectivity index is 1.90. The van der Waals surface area contributed by atoms with E-state index in [4.69, 9.17) is 15.7 Å². The van der Waals surface area contributed by atoms with Crippen LogP contribution in [0, 0.1) is 22.7 Å². The van der Waals surface area contributed by atoms with E-state index in [9.17, 15) is 10.1 Å². The summed E-state index contributed by atoms with van der Waals surface area (Å²) in [4.78, 5) is 14.8. The molecule has 4 rings (SSSR count). The predicted molar refractivity (Wildman–Crippen MR) is 117 cm³/mol. The molecule has 31 heavy (non-hydrogen) atoms. The number of anilines is 1. The Morgan fingerprint density at radius 2 is 2.13 bits per heavy atom. The Labute approximate surface area is 187 Å². The van der Waals surface area contributed by atoms with Crippen molar-refractivity contribution < 1.29 is 9.53 Å². The average molecular weight is 451 g/mol. The largest absolute Gasteiger partial charge is 0.496 e. The summed E-state index contributed by atoms with van der Waals surface area (Å²) in [5.41, 5.74) is 8.84. The standard InChI is InChI=1S/C21H18N6O2S2/c1-29-16-8-3-2-5-12(16)17-13(11-23)19(24)27(14-6-4-7-15(28)18(14)17)20-25-26-21(31-20)30-10-9-22/h2-3,5,8,17H,4,6-7,10,24H2,1H3. The highest BCUT2D eigenvalue weighted by molar-refractivity contribution is 8.01. The molecule has 2 aromatic rings. The van der Waals surface area contributed by atoms with Gasteiger partial charge < -0.3 is 10.5 Å². The van der Waals surface area contributed by atoms with Crippen LogP contribution in [0.15, 0.2) is 51.3 Å². The van der Waals surface area contributed by atoms with Crippen molar-refractivity contribution in [2.24, 2.45) is 5.73 Å². The molecule has 1 unspecified atom stereocenters. The lowest BCUT2D eigenvalue weighted by molar-refractivity contribution is -0.116. The molecular weight excluding hydrogens is 432 g/mol. The van der Waals surface area contributed by atoms with Crippen LogP contribution in [-0.2, 0) is 4.79 Å². The summed E-state index contributed by atoms with van der Waals surface area (Å²) in [6.07, 6.45) is 1.74. The number of thioether (sulfide) groups is 1. The van der Waals surface area contributed by atoms with E-state index in [-0.39, 0.29) is 22.9 Å². The summed E-state index contributed by atoms with van der Waals surface area (Å²) in [6.45, 7) is 0. The fourth-order valence-corrected chi connectivity index (χ4v) is 5.51. The smallest absolute Gasteiger partial charge is 0.219 e. The van der Waals surface area contributed by atoms with Crippen LogP contribution >= 0.6 is 23.1 Å². The van der Waals surface area contributed by atoms with Crippen LogP contribution in [-0.4, -0.2) is 28.8 Å². The number of Topliss-reactive ketones (excluding diaryl/α,β-unsaturated/α-hetero) is 1. The summed E-state index contributed by atoms with van der Waals surface area (Å²) in [5.74, 6) is 0.482. The van der Waals surface area contributed by atoms with Gasteiger partial charge in [-0.25, -0.2) is 0 Å². The van der Waals surface area contributed by atoms with Crippen molar-refractivity contribution in [3.05, 3.63) is 52.5 Å². The number of carbonyl (C=O) groups is 1. The fraction of sp³-hybridized carbons (Fsp3) is 0.286. The topological polar surface area (TPSA) is 129 Å². The van der Waals surface area contributed by atoms with E-state index in [1.165, 1.54) is 23.1 Å². The number of benzene rings is 1. The second kappa shape index (κ2) is 8.80. The molecule has 2 aliphatic rings. The molecule has 2 N–H and O–H groups in total. The minimum atomic E-state index is -0.597. The first-order valence-corrected chi connectivity index (χ1v) is 11.3. The molecule has 1 aromatic heterocycles. The van der Waals surface area contributed by atoms with Crippen molar-refractivity contribution >= 4 is 34.0 Å². The molecule has 156 valence electrons. The monoisotopic (exact) mass is 450 g/mol. The van der Waals surface area contributed by atoms with Crippen LogP contribution in [0.1, 0.15) is 30.7 Å². The number of ketones is 1. The molecule has 0 saturated carbocycles.